The van der Waals surface area contributed by atoms with Crippen molar-refractivity contribution in [2.75, 3.05) is 31.5 Å². The number of nitrogens with zero attached hydrogens (tertiary/aromatic N) is 3. The van der Waals surface area contributed by atoms with Crippen LogP contribution < -0.4 is 10.6 Å². The molecule has 0 radical (unpaired) electrons. The molecule has 2 aromatic rings. The predicted molar refractivity (Wildman–Crippen MR) is 105 cm³/mol. The van der Waals surface area contributed by atoms with E-state index in [1.807, 2.05) is 17.8 Å². The Labute approximate surface area is 167 Å². The number of para-hydroxylation sites is 1. The first-order valence-corrected chi connectivity index (χ1v) is 9.18. The lowest BCUT2D eigenvalue weighted by Gasteiger charge is -2.35. The van der Waals surface area contributed by atoms with Crippen molar-refractivity contribution in [2.45, 2.75) is 16.7 Å². The summed E-state index contributed by atoms with van der Waals surface area (Å²) < 4.78 is 27.3. The molecule has 10 heteroatoms. The lowest BCUT2D eigenvalue weighted by molar-refractivity contribution is -0.118. The second kappa shape index (κ2) is 10.0. The zero-order valence-corrected chi connectivity index (χ0v) is 16.4. The molecular formula is C17H22ClF2N5OS. The fourth-order valence-corrected chi connectivity index (χ4v) is 3.63. The quantitative estimate of drug-likeness (QED) is 0.708. The Kier molecular flexibility index (Phi) is 8.03. The largest absolute Gasteiger partial charge is 0.337 e. The SMILES string of the molecule is Cl.Cn1ccnc1C1CNCCN1CC(=O)Nc1ccccc1SC(F)F. The second-order valence-corrected chi connectivity index (χ2v) is 7.04. The number of carbonyl (C=O) groups is 1. The molecule has 1 aliphatic rings. The molecular weight excluding hydrogens is 396 g/mol. The molecule has 1 aromatic heterocycles. The number of imidazole rings is 1. The van der Waals surface area contributed by atoms with Crippen molar-refractivity contribution in [3.05, 3.63) is 42.5 Å². The second-order valence-electron chi connectivity index (χ2n) is 6.01. The van der Waals surface area contributed by atoms with E-state index < -0.39 is 5.76 Å². The summed E-state index contributed by atoms with van der Waals surface area (Å²) in [5.74, 6) is -1.87. The van der Waals surface area contributed by atoms with Gasteiger partial charge in [-0.25, -0.2) is 4.98 Å². The minimum absolute atomic E-state index is 0. The molecule has 1 atom stereocenters. The first-order chi connectivity index (χ1) is 12.5. The van der Waals surface area contributed by atoms with Crippen LogP contribution >= 0.6 is 24.2 Å². The number of rotatable bonds is 6. The highest BCUT2D eigenvalue weighted by Gasteiger charge is 2.28. The van der Waals surface area contributed by atoms with E-state index in [1.54, 1.807) is 30.5 Å². The summed E-state index contributed by atoms with van der Waals surface area (Å²) in [7, 11) is 1.92. The van der Waals surface area contributed by atoms with Gasteiger partial charge in [0.25, 0.3) is 5.76 Å². The number of carbonyl (C=O) groups excluding carboxylic acids is 1. The Morgan fingerprint density at radius 1 is 1.44 bits per heavy atom. The number of nitrogens with one attached hydrogen (secondary N) is 2. The van der Waals surface area contributed by atoms with Crippen LogP contribution in [-0.4, -0.2) is 52.3 Å². The summed E-state index contributed by atoms with van der Waals surface area (Å²) >= 11 is 0.429. The molecule has 0 bridgehead atoms. The molecule has 0 saturated carbocycles. The number of piperazine rings is 1. The molecule has 2 N–H and O–H groups in total. The van der Waals surface area contributed by atoms with E-state index >= 15 is 0 Å². The van der Waals surface area contributed by atoms with Crippen LogP contribution in [0, 0.1) is 0 Å². The van der Waals surface area contributed by atoms with Crippen LogP contribution in [0.5, 0.6) is 0 Å². The fraction of sp³-hybridized carbons (Fsp3) is 0.412. The number of halogens is 3. The van der Waals surface area contributed by atoms with Crippen LogP contribution in [0.15, 0.2) is 41.6 Å². The Hall–Kier alpha value is -1.68. The molecule has 1 saturated heterocycles. The molecule has 1 aliphatic heterocycles. The van der Waals surface area contributed by atoms with Crippen LogP contribution in [0.1, 0.15) is 11.9 Å². The van der Waals surface area contributed by atoms with Gasteiger partial charge in [-0.3, -0.25) is 9.69 Å². The van der Waals surface area contributed by atoms with Gasteiger partial charge in [-0.05, 0) is 12.1 Å². The van der Waals surface area contributed by atoms with Gasteiger partial charge in [0.05, 0.1) is 18.3 Å². The van der Waals surface area contributed by atoms with Gasteiger partial charge in [0.2, 0.25) is 5.91 Å². The summed E-state index contributed by atoms with van der Waals surface area (Å²) in [6.45, 7) is 2.37. The Bertz CT molecular complexity index is 760. The number of hydrogen-bond donors (Lipinski definition) is 2. The Morgan fingerprint density at radius 2 is 2.22 bits per heavy atom. The fourth-order valence-electron chi connectivity index (χ4n) is 3.03. The molecule has 148 valence electrons. The van der Waals surface area contributed by atoms with Crippen LogP contribution in [0.4, 0.5) is 14.5 Å². The number of anilines is 1. The van der Waals surface area contributed by atoms with Gasteiger partial charge in [0.1, 0.15) is 5.82 Å². The molecule has 0 spiro atoms. The van der Waals surface area contributed by atoms with E-state index in [4.69, 9.17) is 0 Å². The van der Waals surface area contributed by atoms with Crippen LogP contribution in [0.2, 0.25) is 0 Å². The topological polar surface area (TPSA) is 62.2 Å². The van der Waals surface area contributed by atoms with E-state index in [9.17, 15) is 13.6 Å². The van der Waals surface area contributed by atoms with Crippen molar-refractivity contribution in [3.8, 4) is 0 Å². The monoisotopic (exact) mass is 417 g/mol. The highest BCUT2D eigenvalue weighted by molar-refractivity contribution is 7.99. The first-order valence-electron chi connectivity index (χ1n) is 8.30. The molecule has 0 aliphatic carbocycles. The maximum absolute atomic E-state index is 12.7. The third kappa shape index (κ3) is 5.65. The van der Waals surface area contributed by atoms with Crippen LogP contribution in [0.3, 0.4) is 0 Å². The smallest absolute Gasteiger partial charge is 0.288 e. The van der Waals surface area contributed by atoms with Crippen LogP contribution in [-0.2, 0) is 11.8 Å². The molecule has 1 amide bonds. The molecule has 1 unspecified atom stereocenters. The van der Waals surface area contributed by atoms with Gasteiger partial charge >= 0.3 is 0 Å². The number of alkyl halides is 2. The number of aromatic nitrogens is 2. The van der Waals surface area contributed by atoms with E-state index in [2.05, 4.69) is 20.5 Å². The van der Waals surface area contributed by atoms with E-state index in [0.29, 0.717) is 35.4 Å². The average molecular weight is 418 g/mol. The average Bonchev–Trinajstić information content (AvgIpc) is 3.02. The number of benzene rings is 1. The summed E-state index contributed by atoms with van der Waals surface area (Å²) in [6, 6.07) is 6.59. The van der Waals surface area contributed by atoms with E-state index in [1.165, 1.54) is 0 Å². The minimum Gasteiger partial charge on any atom is -0.337 e. The summed E-state index contributed by atoms with van der Waals surface area (Å²) in [4.78, 5) is 19.3. The Morgan fingerprint density at radius 3 is 2.93 bits per heavy atom. The predicted octanol–water partition coefficient (Wildman–Crippen LogP) is 2.74. The van der Waals surface area contributed by atoms with Crippen molar-refractivity contribution in [3.63, 3.8) is 0 Å². The van der Waals surface area contributed by atoms with Gasteiger partial charge in [-0.1, -0.05) is 23.9 Å². The lowest BCUT2D eigenvalue weighted by Crippen LogP contribution is -2.49. The van der Waals surface area contributed by atoms with Gasteiger partial charge in [-0.2, -0.15) is 8.78 Å². The highest BCUT2D eigenvalue weighted by Crippen LogP contribution is 2.31. The van der Waals surface area contributed by atoms with Gasteiger partial charge < -0.3 is 15.2 Å². The number of thioether (sulfide) groups is 1. The first kappa shape index (κ1) is 21.6. The molecule has 27 heavy (non-hydrogen) atoms. The number of aryl methyl sites for hydroxylation is 1. The zero-order chi connectivity index (χ0) is 18.5. The van der Waals surface area contributed by atoms with Crippen molar-refractivity contribution in [2.24, 2.45) is 7.05 Å². The van der Waals surface area contributed by atoms with E-state index in [0.717, 1.165) is 12.4 Å². The van der Waals surface area contributed by atoms with Crippen molar-refractivity contribution >= 4 is 35.8 Å². The number of amides is 1. The molecule has 6 nitrogen and oxygen atoms in total. The van der Waals surface area contributed by atoms with Gasteiger partial charge in [0, 0.05) is 44.0 Å². The molecule has 1 aromatic carbocycles. The molecule has 2 heterocycles. The Balaban J connectivity index is 0.00000261. The third-order valence-electron chi connectivity index (χ3n) is 4.23. The zero-order valence-electron chi connectivity index (χ0n) is 14.8. The summed E-state index contributed by atoms with van der Waals surface area (Å²) in [5.41, 5.74) is 0.409. The maximum Gasteiger partial charge on any atom is 0.288 e. The normalized spacial score (nSPS) is 17.6. The third-order valence-corrected chi connectivity index (χ3v) is 5.02. The molecule has 1 fully saturated rings. The van der Waals surface area contributed by atoms with Crippen LogP contribution in [0.25, 0.3) is 0 Å². The van der Waals surface area contributed by atoms with Crippen molar-refractivity contribution < 1.29 is 13.6 Å². The summed E-state index contributed by atoms with van der Waals surface area (Å²) in [5, 5.41) is 6.08. The van der Waals surface area contributed by atoms with E-state index in [-0.39, 0.29) is 30.9 Å². The highest BCUT2D eigenvalue weighted by atomic mass is 35.5. The van der Waals surface area contributed by atoms with Crippen molar-refractivity contribution in [1.82, 2.24) is 19.8 Å². The minimum atomic E-state index is -2.53. The maximum atomic E-state index is 12.7. The van der Waals surface area contributed by atoms with Gasteiger partial charge in [0.15, 0.2) is 0 Å². The van der Waals surface area contributed by atoms with Gasteiger partial charge in [-0.15, -0.1) is 12.4 Å². The molecule has 3 rings (SSSR count). The number of hydrogen-bond acceptors (Lipinski definition) is 5. The van der Waals surface area contributed by atoms with Crippen molar-refractivity contribution in [1.29, 1.82) is 0 Å². The standard InChI is InChI=1S/C17H21F2N5OS.ClH/c1-23-8-7-21-16(23)13-10-20-6-9-24(13)11-15(25)22-12-4-2-3-5-14(12)26-17(18)19;/h2-5,7-8,13,17,20H,6,9-11H2,1H3,(H,22,25);1H. The summed E-state index contributed by atoms with van der Waals surface area (Å²) in [6.07, 6.45) is 3.61. The lowest BCUT2D eigenvalue weighted by atomic mass is 10.1.